The number of hydrogen-bond acceptors (Lipinski definition) is 3. The summed E-state index contributed by atoms with van der Waals surface area (Å²) in [7, 11) is 1.62. The lowest BCUT2D eigenvalue weighted by atomic mass is 10.0. The molecule has 0 aliphatic rings. The predicted molar refractivity (Wildman–Crippen MR) is 82.5 cm³/mol. The highest BCUT2D eigenvalue weighted by Gasteiger charge is 2.16. The van der Waals surface area contributed by atoms with Gasteiger partial charge < -0.3 is 10.1 Å². The molecule has 3 nitrogen and oxygen atoms in total. The van der Waals surface area contributed by atoms with Crippen LogP contribution in [0.25, 0.3) is 0 Å². The van der Waals surface area contributed by atoms with Gasteiger partial charge in [-0.05, 0) is 43.3 Å². The van der Waals surface area contributed by atoms with Gasteiger partial charge in [-0.25, -0.2) is 0 Å². The molecule has 1 N–H and O–H groups in total. The Morgan fingerprint density at radius 2 is 2.10 bits per heavy atom. The minimum Gasteiger partial charge on any atom is -0.495 e. The van der Waals surface area contributed by atoms with E-state index in [2.05, 4.69) is 17.2 Å². The topological polar surface area (TPSA) is 34.1 Å². The van der Waals surface area contributed by atoms with E-state index >= 15 is 0 Å². The molecular weight excluding hydrogens is 272 g/mol. The Labute approximate surface area is 124 Å². The van der Waals surface area contributed by atoms with Crippen molar-refractivity contribution in [3.63, 3.8) is 0 Å². The number of pyridine rings is 1. The van der Waals surface area contributed by atoms with Gasteiger partial charge in [0.15, 0.2) is 0 Å². The maximum atomic E-state index is 6.09. The Kier molecular flexibility index (Phi) is 4.99. The van der Waals surface area contributed by atoms with Gasteiger partial charge in [-0.15, -0.1) is 0 Å². The number of methoxy groups -OCH3 is 1. The van der Waals surface area contributed by atoms with Crippen LogP contribution in [0.1, 0.15) is 29.9 Å². The van der Waals surface area contributed by atoms with Crippen LogP contribution in [0.4, 0.5) is 0 Å². The smallest absolute Gasteiger partial charge is 0.137 e. The summed E-state index contributed by atoms with van der Waals surface area (Å²) in [4.78, 5) is 4.61. The molecule has 1 aromatic carbocycles. The molecule has 2 aromatic rings. The first-order valence-corrected chi connectivity index (χ1v) is 7.04. The molecule has 1 unspecified atom stereocenters. The van der Waals surface area contributed by atoms with Gasteiger partial charge in [-0.2, -0.15) is 0 Å². The second kappa shape index (κ2) is 6.73. The van der Waals surface area contributed by atoms with Crippen LogP contribution in [0.2, 0.25) is 5.02 Å². The number of benzene rings is 1. The van der Waals surface area contributed by atoms with Crippen molar-refractivity contribution >= 4 is 11.6 Å². The Hall–Kier alpha value is -1.58. The molecule has 20 heavy (non-hydrogen) atoms. The van der Waals surface area contributed by atoms with E-state index < -0.39 is 0 Å². The highest BCUT2D eigenvalue weighted by atomic mass is 35.5. The summed E-state index contributed by atoms with van der Waals surface area (Å²) >= 11 is 6.09. The van der Waals surface area contributed by atoms with E-state index in [0.717, 1.165) is 23.5 Å². The van der Waals surface area contributed by atoms with Crippen LogP contribution in [0.15, 0.2) is 36.4 Å². The van der Waals surface area contributed by atoms with Crippen molar-refractivity contribution in [2.45, 2.75) is 19.9 Å². The van der Waals surface area contributed by atoms with Crippen LogP contribution >= 0.6 is 11.6 Å². The van der Waals surface area contributed by atoms with Crippen LogP contribution in [0.5, 0.6) is 5.75 Å². The summed E-state index contributed by atoms with van der Waals surface area (Å²) in [6, 6.07) is 11.9. The third-order valence-electron chi connectivity index (χ3n) is 3.12. The van der Waals surface area contributed by atoms with Crippen LogP contribution in [-0.4, -0.2) is 18.6 Å². The second-order valence-corrected chi connectivity index (χ2v) is 5.00. The lowest BCUT2D eigenvalue weighted by Crippen LogP contribution is -2.23. The van der Waals surface area contributed by atoms with E-state index in [1.807, 2.05) is 43.3 Å². The highest BCUT2D eigenvalue weighted by molar-refractivity contribution is 6.32. The SMILES string of the molecule is CCNC(c1ccc(Cl)c(OC)c1)c1cccc(C)n1. The number of nitrogens with zero attached hydrogens (tertiary/aromatic N) is 1. The Morgan fingerprint density at radius 3 is 2.75 bits per heavy atom. The van der Waals surface area contributed by atoms with Crippen molar-refractivity contribution in [3.05, 3.63) is 58.4 Å². The second-order valence-electron chi connectivity index (χ2n) is 4.59. The molecule has 2 rings (SSSR count). The van der Waals surface area contributed by atoms with E-state index in [0.29, 0.717) is 10.8 Å². The van der Waals surface area contributed by atoms with Gasteiger partial charge >= 0.3 is 0 Å². The molecule has 0 bridgehead atoms. The molecule has 1 aromatic heterocycles. The highest BCUT2D eigenvalue weighted by Crippen LogP contribution is 2.30. The maximum absolute atomic E-state index is 6.09. The first kappa shape index (κ1) is 14.8. The molecule has 0 radical (unpaired) electrons. The zero-order chi connectivity index (χ0) is 14.5. The Balaban J connectivity index is 2.42. The average Bonchev–Trinajstić information content (AvgIpc) is 2.45. The summed E-state index contributed by atoms with van der Waals surface area (Å²) in [6.45, 7) is 4.93. The maximum Gasteiger partial charge on any atom is 0.137 e. The molecule has 1 heterocycles. The molecule has 0 spiro atoms. The third-order valence-corrected chi connectivity index (χ3v) is 3.43. The van der Waals surface area contributed by atoms with Crippen molar-refractivity contribution in [2.75, 3.05) is 13.7 Å². The van der Waals surface area contributed by atoms with Gasteiger partial charge in [-0.3, -0.25) is 4.98 Å². The number of rotatable bonds is 5. The van der Waals surface area contributed by atoms with Crippen LogP contribution in [0.3, 0.4) is 0 Å². The standard InChI is InChI=1S/C16H19ClN2O/c1-4-18-16(14-7-5-6-11(2)19-14)12-8-9-13(17)15(10-12)20-3/h5-10,16,18H,4H2,1-3H3. The van der Waals surface area contributed by atoms with Gasteiger partial charge in [0.05, 0.1) is 23.9 Å². The molecule has 0 fully saturated rings. The van der Waals surface area contributed by atoms with E-state index in [4.69, 9.17) is 16.3 Å². The fourth-order valence-corrected chi connectivity index (χ4v) is 2.37. The van der Waals surface area contributed by atoms with Crippen molar-refractivity contribution in [1.82, 2.24) is 10.3 Å². The number of hydrogen-bond donors (Lipinski definition) is 1. The molecular formula is C16H19ClN2O. The van der Waals surface area contributed by atoms with Gasteiger partial charge in [0.25, 0.3) is 0 Å². The van der Waals surface area contributed by atoms with Gasteiger partial charge in [0.2, 0.25) is 0 Å². The fourth-order valence-electron chi connectivity index (χ4n) is 2.18. The van der Waals surface area contributed by atoms with Gasteiger partial charge in [0, 0.05) is 5.69 Å². The summed E-state index contributed by atoms with van der Waals surface area (Å²) in [5.74, 6) is 0.680. The van der Waals surface area contributed by atoms with E-state index in [-0.39, 0.29) is 6.04 Å². The molecule has 4 heteroatoms. The molecule has 0 saturated carbocycles. The molecule has 0 amide bonds. The number of ether oxygens (including phenoxy) is 1. The van der Waals surface area contributed by atoms with Crippen molar-refractivity contribution in [1.29, 1.82) is 0 Å². The molecule has 1 atom stereocenters. The number of nitrogens with one attached hydrogen (secondary N) is 1. The predicted octanol–water partition coefficient (Wildman–Crippen LogP) is 3.75. The molecule has 0 aliphatic heterocycles. The minimum absolute atomic E-state index is 0.0334. The lowest BCUT2D eigenvalue weighted by Gasteiger charge is -2.19. The largest absolute Gasteiger partial charge is 0.495 e. The fraction of sp³-hybridized carbons (Fsp3) is 0.312. The lowest BCUT2D eigenvalue weighted by molar-refractivity contribution is 0.414. The van der Waals surface area contributed by atoms with E-state index in [9.17, 15) is 0 Å². The van der Waals surface area contributed by atoms with Gasteiger partial charge in [0.1, 0.15) is 5.75 Å². The number of aromatic nitrogens is 1. The average molecular weight is 291 g/mol. The summed E-state index contributed by atoms with van der Waals surface area (Å²) in [5, 5.41) is 4.07. The van der Waals surface area contributed by atoms with Crippen molar-refractivity contribution in [2.24, 2.45) is 0 Å². The molecule has 0 saturated heterocycles. The monoisotopic (exact) mass is 290 g/mol. The minimum atomic E-state index is 0.0334. The Morgan fingerprint density at radius 1 is 1.30 bits per heavy atom. The van der Waals surface area contributed by atoms with E-state index in [1.165, 1.54) is 0 Å². The zero-order valence-corrected chi connectivity index (χ0v) is 12.7. The van der Waals surface area contributed by atoms with Crippen molar-refractivity contribution in [3.8, 4) is 5.75 Å². The normalized spacial score (nSPS) is 12.2. The van der Waals surface area contributed by atoms with Gasteiger partial charge in [-0.1, -0.05) is 30.7 Å². The van der Waals surface area contributed by atoms with E-state index in [1.54, 1.807) is 7.11 Å². The summed E-state index contributed by atoms with van der Waals surface area (Å²) < 4.78 is 5.29. The summed E-state index contributed by atoms with van der Waals surface area (Å²) in [5.41, 5.74) is 3.09. The van der Waals surface area contributed by atoms with Crippen LogP contribution < -0.4 is 10.1 Å². The third kappa shape index (κ3) is 3.30. The van der Waals surface area contributed by atoms with Crippen LogP contribution in [0, 0.1) is 6.92 Å². The quantitative estimate of drug-likeness (QED) is 0.910. The van der Waals surface area contributed by atoms with Crippen molar-refractivity contribution < 1.29 is 4.74 Å². The Bertz CT molecular complexity index is 586. The first-order chi connectivity index (χ1) is 9.65. The molecule has 106 valence electrons. The number of halogens is 1. The molecule has 0 aliphatic carbocycles. The first-order valence-electron chi connectivity index (χ1n) is 6.66. The van der Waals surface area contributed by atoms with Crippen LogP contribution in [-0.2, 0) is 0 Å². The zero-order valence-electron chi connectivity index (χ0n) is 12.0. The summed E-state index contributed by atoms with van der Waals surface area (Å²) in [6.07, 6.45) is 0. The number of aryl methyl sites for hydroxylation is 1.